The first-order valence-electron chi connectivity index (χ1n) is 9.32. The Kier molecular flexibility index (Phi) is 3.76. The van der Waals surface area contributed by atoms with Crippen LogP contribution >= 0.6 is 0 Å². The maximum atomic E-state index is 2.64. The third kappa shape index (κ3) is 2.26. The molecular formula is C21H28BN. The van der Waals surface area contributed by atoms with Crippen LogP contribution in [0.25, 0.3) is 10.8 Å². The van der Waals surface area contributed by atoms with Gasteiger partial charge in [-0.25, -0.2) is 0 Å². The van der Waals surface area contributed by atoms with Gasteiger partial charge in [-0.15, -0.1) is 0 Å². The molecule has 0 aliphatic carbocycles. The molecule has 2 heteroatoms. The molecule has 2 aromatic rings. The number of nitrogens with zero attached hydrogens (tertiary/aromatic N) is 1. The molecule has 0 saturated carbocycles. The van der Waals surface area contributed by atoms with Crippen LogP contribution in [-0.2, 0) is 6.42 Å². The summed E-state index contributed by atoms with van der Waals surface area (Å²) >= 11 is 0. The zero-order valence-electron chi connectivity index (χ0n) is 14.9. The Bertz CT molecular complexity index is 725. The van der Waals surface area contributed by atoms with Gasteiger partial charge < -0.3 is 4.90 Å². The summed E-state index contributed by atoms with van der Waals surface area (Å²) in [6.07, 6.45) is 2.51. The summed E-state index contributed by atoms with van der Waals surface area (Å²) in [5.74, 6) is 2.32. The molecule has 0 N–H and O–H groups in total. The van der Waals surface area contributed by atoms with Crippen LogP contribution in [0.3, 0.4) is 0 Å². The van der Waals surface area contributed by atoms with Crippen LogP contribution < -0.4 is 5.46 Å². The van der Waals surface area contributed by atoms with Crippen molar-refractivity contribution in [1.29, 1.82) is 0 Å². The number of hydrogen-bond acceptors (Lipinski definition) is 1. The molecule has 1 saturated heterocycles. The maximum absolute atomic E-state index is 2.64. The zero-order valence-corrected chi connectivity index (χ0v) is 14.9. The molecule has 0 aromatic heterocycles. The average Bonchev–Trinajstić information content (AvgIpc) is 2.55. The second-order valence-corrected chi connectivity index (χ2v) is 8.00. The highest BCUT2D eigenvalue weighted by molar-refractivity contribution is 6.79. The van der Waals surface area contributed by atoms with E-state index in [0.717, 1.165) is 24.3 Å². The van der Waals surface area contributed by atoms with E-state index in [-0.39, 0.29) is 0 Å². The SMILES string of the molecule is CC[C@H]1[C@@H](C)B2c3c(ccc4ccccc34)C[C@@H](C)[C@H]2CN1C. The summed E-state index contributed by atoms with van der Waals surface area (Å²) in [4.78, 5) is 2.64. The van der Waals surface area contributed by atoms with Crippen LogP contribution in [-0.4, -0.2) is 31.2 Å². The molecule has 0 radical (unpaired) electrons. The predicted octanol–water partition coefficient (Wildman–Crippen LogP) is 4.22. The standard InChI is InChI=1S/C21H28BN/c1-5-20-15(3)22-19(13-23(20)4)14(2)12-17-11-10-16-8-6-7-9-18(16)21(17)22/h6-11,14-15,19-20H,5,12-13H2,1-4H3/t14-,15-,19-,20+/m1/s1. The molecule has 4 atom stereocenters. The van der Waals surface area contributed by atoms with Gasteiger partial charge >= 0.3 is 0 Å². The monoisotopic (exact) mass is 305 g/mol. The van der Waals surface area contributed by atoms with Gasteiger partial charge in [-0.1, -0.05) is 68.2 Å². The number of rotatable bonds is 1. The van der Waals surface area contributed by atoms with Crippen LogP contribution in [0.15, 0.2) is 36.4 Å². The molecule has 2 aliphatic heterocycles. The van der Waals surface area contributed by atoms with E-state index in [1.54, 1.807) is 11.0 Å². The lowest BCUT2D eigenvalue weighted by Gasteiger charge is -2.50. The van der Waals surface area contributed by atoms with Gasteiger partial charge in [0.25, 0.3) is 0 Å². The lowest BCUT2D eigenvalue weighted by Crippen LogP contribution is -2.59. The molecular weight excluding hydrogens is 277 g/mol. The summed E-state index contributed by atoms with van der Waals surface area (Å²) in [5, 5.41) is 2.93. The Balaban J connectivity index is 1.92. The van der Waals surface area contributed by atoms with E-state index in [1.807, 2.05) is 0 Å². The van der Waals surface area contributed by atoms with Crippen LogP contribution in [0.1, 0.15) is 32.8 Å². The molecule has 0 unspecified atom stereocenters. The van der Waals surface area contributed by atoms with Crippen molar-refractivity contribution in [2.24, 2.45) is 5.92 Å². The number of hydrogen-bond donors (Lipinski definition) is 0. The van der Waals surface area contributed by atoms with Gasteiger partial charge in [0.2, 0.25) is 0 Å². The van der Waals surface area contributed by atoms with Crippen LogP contribution in [0.4, 0.5) is 0 Å². The van der Waals surface area contributed by atoms with E-state index in [1.165, 1.54) is 30.2 Å². The molecule has 120 valence electrons. The molecule has 1 fully saturated rings. The minimum atomic E-state index is 0.716. The van der Waals surface area contributed by atoms with Gasteiger partial charge in [-0.05, 0) is 54.8 Å². The Morgan fingerprint density at radius 3 is 2.70 bits per heavy atom. The zero-order chi connectivity index (χ0) is 16.1. The normalized spacial score (nSPS) is 31.0. The van der Waals surface area contributed by atoms with E-state index >= 15 is 0 Å². The van der Waals surface area contributed by atoms with Crippen molar-refractivity contribution >= 4 is 22.9 Å². The highest BCUT2D eigenvalue weighted by atomic mass is 15.1. The second kappa shape index (κ2) is 5.67. The van der Waals surface area contributed by atoms with Gasteiger partial charge in [0.1, 0.15) is 0 Å². The summed E-state index contributed by atoms with van der Waals surface area (Å²) in [7, 11) is 2.34. The number of benzene rings is 2. The maximum Gasteiger partial charge on any atom is 0.186 e. The highest BCUT2D eigenvalue weighted by Gasteiger charge is 2.47. The van der Waals surface area contributed by atoms with E-state index in [0.29, 0.717) is 6.04 Å². The minimum absolute atomic E-state index is 0.716. The fourth-order valence-corrected chi connectivity index (χ4v) is 5.72. The van der Waals surface area contributed by atoms with Crippen molar-refractivity contribution < 1.29 is 0 Å². The van der Waals surface area contributed by atoms with Crippen LogP contribution in [0.5, 0.6) is 0 Å². The summed E-state index contributed by atoms with van der Waals surface area (Å²) in [6, 6.07) is 14.5. The number of fused-ring (bicyclic) bond motifs is 5. The average molecular weight is 305 g/mol. The molecule has 4 rings (SSSR count). The Morgan fingerprint density at radius 2 is 1.91 bits per heavy atom. The van der Waals surface area contributed by atoms with Gasteiger partial charge in [-0.2, -0.15) is 0 Å². The van der Waals surface area contributed by atoms with Crippen molar-refractivity contribution in [1.82, 2.24) is 4.90 Å². The lowest BCUT2D eigenvalue weighted by atomic mass is 9.24. The smallest absolute Gasteiger partial charge is 0.186 e. The van der Waals surface area contributed by atoms with Gasteiger partial charge in [0.15, 0.2) is 6.71 Å². The highest BCUT2D eigenvalue weighted by Crippen LogP contribution is 2.43. The molecule has 0 amide bonds. The van der Waals surface area contributed by atoms with Crippen LogP contribution in [0, 0.1) is 5.92 Å². The van der Waals surface area contributed by atoms with E-state index in [9.17, 15) is 0 Å². The van der Waals surface area contributed by atoms with Crippen molar-refractivity contribution in [2.45, 2.75) is 51.3 Å². The van der Waals surface area contributed by atoms with E-state index in [2.05, 4.69) is 69.1 Å². The summed E-state index contributed by atoms with van der Waals surface area (Å²) in [5.41, 5.74) is 3.30. The Morgan fingerprint density at radius 1 is 1.13 bits per heavy atom. The summed E-state index contributed by atoms with van der Waals surface area (Å²) in [6.45, 7) is 9.32. The van der Waals surface area contributed by atoms with E-state index in [4.69, 9.17) is 0 Å². The molecule has 1 nitrogen and oxygen atoms in total. The van der Waals surface area contributed by atoms with Crippen molar-refractivity contribution in [3.63, 3.8) is 0 Å². The van der Waals surface area contributed by atoms with Gasteiger partial charge in [-0.3, -0.25) is 0 Å². The van der Waals surface area contributed by atoms with E-state index < -0.39 is 0 Å². The topological polar surface area (TPSA) is 3.24 Å². The van der Waals surface area contributed by atoms with Crippen molar-refractivity contribution in [3.05, 3.63) is 42.0 Å². The Hall–Kier alpha value is -1.28. The quantitative estimate of drug-likeness (QED) is 0.713. The molecule has 23 heavy (non-hydrogen) atoms. The third-order valence-corrected chi connectivity index (χ3v) is 6.78. The van der Waals surface area contributed by atoms with Crippen molar-refractivity contribution in [3.8, 4) is 0 Å². The van der Waals surface area contributed by atoms with Gasteiger partial charge in [0.05, 0.1) is 0 Å². The van der Waals surface area contributed by atoms with Gasteiger partial charge in [0, 0.05) is 6.04 Å². The third-order valence-electron chi connectivity index (χ3n) is 6.78. The molecule has 0 bridgehead atoms. The lowest BCUT2D eigenvalue weighted by molar-refractivity contribution is 0.192. The first-order chi connectivity index (χ1) is 11.1. The summed E-state index contributed by atoms with van der Waals surface area (Å²) < 4.78 is 0. The predicted molar refractivity (Wildman–Crippen MR) is 102 cm³/mol. The first-order valence-corrected chi connectivity index (χ1v) is 9.32. The fraction of sp³-hybridized carbons (Fsp3) is 0.524. The Labute approximate surface area is 141 Å². The van der Waals surface area contributed by atoms with Crippen LogP contribution in [0.2, 0.25) is 11.6 Å². The molecule has 2 aliphatic rings. The largest absolute Gasteiger partial charge is 0.304 e. The van der Waals surface area contributed by atoms with Crippen molar-refractivity contribution in [2.75, 3.05) is 13.6 Å². The molecule has 2 aromatic carbocycles. The minimum Gasteiger partial charge on any atom is -0.304 e. The fourth-order valence-electron chi connectivity index (χ4n) is 5.72. The first kappa shape index (κ1) is 15.3. The molecule has 2 heterocycles. The second-order valence-electron chi connectivity index (χ2n) is 8.00. The molecule has 0 spiro atoms.